The number of amides is 2. The number of carbonyl (C=O) groups excluding carboxylic acids is 2. The SMILES string of the molecule is CCC(C)c1ccc(OCC(=O)Nc2ccc(C(=O)NC3CCCCC3)cc2)c(Br)c1. The van der Waals surface area contributed by atoms with E-state index in [1.807, 2.05) is 18.2 Å². The second-order valence-corrected chi connectivity index (χ2v) is 9.08. The molecule has 2 aromatic carbocycles. The van der Waals surface area contributed by atoms with Crippen molar-refractivity contribution in [3.63, 3.8) is 0 Å². The zero-order valence-electron chi connectivity index (χ0n) is 18.2. The molecule has 2 amide bonds. The summed E-state index contributed by atoms with van der Waals surface area (Å²) in [5.41, 5.74) is 2.47. The molecule has 0 spiro atoms. The van der Waals surface area contributed by atoms with Crippen molar-refractivity contribution in [3.8, 4) is 5.75 Å². The summed E-state index contributed by atoms with van der Waals surface area (Å²) in [6.45, 7) is 4.24. The van der Waals surface area contributed by atoms with Crippen LogP contribution in [0.2, 0.25) is 0 Å². The molecule has 1 fully saturated rings. The Labute approximate surface area is 193 Å². The van der Waals surface area contributed by atoms with Crippen LogP contribution in [-0.4, -0.2) is 24.5 Å². The van der Waals surface area contributed by atoms with Crippen LogP contribution >= 0.6 is 15.9 Å². The first kappa shape index (κ1) is 23.3. The molecule has 2 aromatic rings. The molecule has 166 valence electrons. The Morgan fingerprint density at radius 1 is 1.10 bits per heavy atom. The molecule has 0 aromatic heterocycles. The number of hydrogen-bond acceptors (Lipinski definition) is 3. The molecular weight excluding hydrogens is 456 g/mol. The smallest absolute Gasteiger partial charge is 0.262 e. The number of hydrogen-bond donors (Lipinski definition) is 2. The number of carbonyl (C=O) groups is 2. The van der Waals surface area contributed by atoms with Crippen LogP contribution in [0, 0.1) is 0 Å². The maximum Gasteiger partial charge on any atom is 0.262 e. The van der Waals surface area contributed by atoms with E-state index in [2.05, 4.69) is 40.4 Å². The zero-order valence-corrected chi connectivity index (χ0v) is 19.8. The minimum Gasteiger partial charge on any atom is -0.483 e. The molecule has 0 bridgehead atoms. The van der Waals surface area contributed by atoms with E-state index >= 15 is 0 Å². The summed E-state index contributed by atoms with van der Waals surface area (Å²) in [7, 11) is 0. The van der Waals surface area contributed by atoms with E-state index in [0.29, 0.717) is 22.9 Å². The fraction of sp³-hybridized carbons (Fsp3) is 0.440. The van der Waals surface area contributed by atoms with Crippen molar-refractivity contribution < 1.29 is 14.3 Å². The molecule has 0 aliphatic heterocycles. The molecule has 1 aliphatic carbocycles. The highest BCUT2D eigenvalue weighted by molar-refractivity contribution is 9.10. The summed E-state index contributed by atoms with van der Waals surface area (Å²) in [5.74, 6) is 0.800. The van der Waals surface area contributed by atoms with Gasteiger partial charge in [-0.15, -0.1) is 0 Å². The highest BCUT2D eigenvalue weighted by atomic mass is 79.9. The van der Waals surface area contributed by atoms with Gasteiger partial charge in [-0.2, -0.15) is 0 Å². The standard InChI is InChI=1S/C25H31BrN2O3/c1-3-17(2)19-11-14-23(22(26)15-19)31-16-24(29)27-21-12-9-18(10-13-21)25(30)28-20-7-5-4-6-8-20/h9-15,17,20H,3-8,16H2,1-2H3,(H,27,29)(H,28,30). The van der Waals surface area contributed by atoms with Crippen molar-refractivity contribution in [2.45, 2.75) is 64.3 Å². The Morgan fingerprint density at radius 3 is 2.45 bits per heavy atom. The second kappa shape index (κ2) is 11.3. The van der Waals surface area contributed by atoms with Crippen molar-refractivity contribution in [3.05, 3.63) is 58.1 Å². The summed E-state index contributed by atoms with van der Waals surface area (Å²) >= 11 is 3.52. The monoisotopic (exact) mass is 486 g/mol. The van der Waals surface area contributed by atoms with Gasteiger partial charge in [-0.05, 0) is 83.1 Å². The molecule has 2 N–H and O–H groups in total. The van der Waals surface area contributed by atoms with E-state index in [4.69, 9.17) is 4.74 Å². The molecule has 1 saturated carbocycles. The molecular formula is C25H31BrN2O3. The highest BCUT2D eigenvalue weighted by Crippen LogP contribution is 2.30. The Kier molecular flexibility index (Phi) is 8.52. The predicted molar refractivity (Wildman–Crippen MR) is 128 cm³/mol. The van der Waals surface area contributed by atoms with E-state index in [-0.39, 0.29) is 24.5 Å². The lowest BCUT2D eigenvalue weighted by atomic mass is 9.95. The molecule has 3 rings (SSSR count). The molecule has 1 unspecified atom stereocenters. The third kappa shape index (κ3) is 6.82. The van der Waals surface area contributed by atoms with Crippen LogP contribution in [0.1, 0.15) is 74.2 Å². The fourth-order valence-electron chi connectivity index (χ4n) is 3.74. The van der Waals surface area contributed by atoms with Crippen molar-refractivity contribution in [2.75, 3.05) is 11.9 Å². The first-order valence-corrected chi connectivity index (χ1v) is 11.9. The molecule has 1 aliphatic rings. The lowest BCUT2D eigenvalue weighted by molar-refractivity contribution is -0.118. The minimum absolute atomic E-state index is 0.0567. The third-order valence-corrected chi connectivity index (χ3v) is 6.49. The average molecular weight is 487 g/mol. The van der Waals surface area contributed by atoms with Crippen LogP contribution in [0.3, 0.4) is 0 Å². The third-order valence-electron chi connectivity index (χ3n) is 5.87. The first-order valence-electron chi connectivity index (χ1n) is 11.1. The first-order chi connectivity index (χ1) is 15.0. The molecule has 0 saturated heterocycles. The van der Waals surface area contributed by atoms with E-state index < -0.39 is 0 Å². The van der Waals surface area contributed by atoms with Gasteiger partial charge in [0.15, 0.2) is 6.61 Å². The van der Waals surface area contributed by atoms with Gasteiger partial charge in [0.2, 0.25) is 0 Å². The highest BCUT2D eigenvalue weighted by Gasteiger charge is 2.16. The summed E-state index contributed by atoms with van der Waals surface area (Å²) in [4.78, 5) is 24.7. The van der Waals surface area contributed by atoms with E-state index in [1.54, 1.807) is 24.3 Å². The van der Waals surface area contributed by atoms with Crippen LogP contribution in [0.15, 0.2) is 46.9 Å². The van der Waals surface area contributed by atoms with Gasteiger partial charge in [-0.25, -0.2) is 0 Å². The quantitative estimate of drug-likeness (QED) is 0.477. The van der Waals surface area contributed by atoms with Crippen molar-refractivity contribution in [2.24, 2.45) is 0 Å². The molecule has 0 radical (unpaired) electrons. The van der Waals surface area contributed by atoms with Gasteiger partial charge in [0.05, 0.1) is 4.47 Å². The van der Waals surface area contributed by atoms with Crippen molar-refractivity contribution in [1.29, 1.82) is 0 Å². The van der Waals surface area contributed by atoms with Gasteiger partial charge in [0.1, 0.15) is 5.75 Å². The Balaban J connectivity index is 1.48. The minimum atomic E-state index is -0.252. The van der Waals surface area contributed by atoms with Gasteiger partial charge < -0.3 is 15.4 Å². The Morgan fingerprint density at radius 2 is 1.81 bits per heavy atom. The van der Waals surface area contributed by atoms with Crippen LogP contribution in [0.25, 0.3) is 0 Å². The number of ether oxygens (including phenoxy) is 1. The van der Waals surface area contributed by atoms with Crippen molar-refractivity contribution in [1.82, 2.24) is 5.32 Å². The number of rotatable bonds is 8. The summed E-state index contributed by atoms with van der Waals surface area (Å²) in [6, 6.07) is 13.2. The fourth-order valence-corrected chi connectivity index (χ4v) is 4.25. The topological polar surface area (TPSA) is 67.4 Å². The lowest BCUT2D eigenvalue weighted by Gasteiger charge is -2.22. The van der Waals surface area contributed by atoms with Crippen LogP contribution in [-0.2, 0) is 4.79 Å². The van der Waals surface area contributed by atoms with Crippen LogP contribution in [0.4, 0.5) is 5.69 Å². The van der Waals surface area contributed by atoms with Gasteiger partial charge >= 0.3 is 0 Å². The maximum absolute atomic E-state index is 12.4. The van der Waals surface area contributed by atoms with Crippen molar-refractivity contribution >= 4 is 33.4 Å². The molecule has 31 heavy (non-hydrogen) atoms. The van der Waals surface area contributed by atoms with Gasteiger partial charge in [0.25, 0.3) is 11.8 Å². The number of nitrogens with one attached hydrogen (secondary N) is 2. The van der Waals surface area contributed by atoms with Gasteiger partial charge in [-0.3, -0.25) is 9.59 Å². The summed E-state index contributed by atoms with van der Waals surface area (Å²) in [5, 5.41) is 5.91. The van der Waals surface area contributed by atoms with E-state index in [0.717, 1.165) is 23.7 Å². The zero-order chi connectivity index (χ0) is 22.2. The normalized spacial score (nSPS) is 15.2. The van der Waals surface area contributed by atoms with Gasteiger partial charge in [-0.1, -0.05) is 39.2 Å². The van der Waals surface area contributed by atoms with Crippen LogP contribution < -0.4 is 15.4 Å². The largest absolute Gasteiger partial charge is 0.483 e. The molecule has 1 atom stereocenters. The van der Waals surface area contributed by atoms with Gasteiger partial charge in [0, 0.05) is 17.3 Å². The Bertz CT molecular complexity index is 892. The molecule has 5 nitrogen and oxygen atoms in total. The maximum atomic E-state index is 12.4. The van der Waals surface area contributed by atoms with Crippen LogP contribution in [0.5, 0.6) is 5.75 Å². The van der Waals surface area contributed by atoms with E-state index in [1.165, 1.54) is 24.8 Å². The van der Waals surface area contributed by atoms with E-state index in [9.17, 15) is 9.59 Å². The summed E-state index contributed by atoms with van der Waals surface area (Å²) in [6.07, 6.45) is 6.78. The lowest BCUT2D eigenvalue weighted by Crippen LogP contribution is -2.36. The number of anilines is 1. The number of halogens is 1. The Hall–Kier alpha value is -2.34. The summed E-state index contributed by atoms with van der Waals surface area (Å²) < 4.78 is 6.50. The number of benzene rings is 2. The average Bonchev–Trinajstić information content (AvgIpc) is 2.78. The predicted octanol–water partition coefficient (Wildman–Crippen LogP) is 6.04. The molecule has 0 heterocycles. The molecule has 6 heteroatoms. The second-order valence-electron chi connectivity index (χ2n) is 8.22.